The van der Waals surface area contributed by atoms with Crippen molar-refractivity contribution in [3.8, 4) is 0 Å². The van der Waals surface area contributed by atoms with E-state index in [1.165, 1.54) is 4.90 Å². The maximum absolute atomic E-state index is 12.9. The predicted octanol–water partition coefficient (Wildman–Crippen LogP) is 3.77. The first-order chi connectivity index (χ1) is 16.0. The monoisotopic (exact) mass is 444 g/mol. The SMILES string of the molecule is CCN(CC)c1ccc(CNC(=O)CCCN2C(=O)c3cccc4cccc(c34)C2=O)cn1. The average Bonchev–Trinajstić information content (AvgIpc) is 2.84. The molecule has 2 aromatic carbocycles. The molecule has 1 aliphatic rings. The van der Waals surface area contributed by atoms with Crippen LogP contribution >= 0.6 is 0 Å². The normalized spacial score (nSPS) is 12.8. The zero-order chi connectivity index (χ0) is 23.4. The largest absolute Gasteiger partial charge is 0.357 e. The number of amides is 3. The van der Waals surface area contributed by atoms with Gasteiger partial charge in [0.1, 0.15) is 5.82 Å². The Morgan fingerprint density at radius 2 is 1.64 bits per heavy atom. The molecule has 0 spiro atoms. The molecule has 7 nitrogen and oxygen atoms in total. The lowest BCUT2D eigenvalue weighted by Crippen LogP contribution is -2.41. The second-order valence-electron chi connectivity index (χ2n) is 8.05. The number of rotatable bonds is 9. The van der Waals surface area contributed by atoms with Gasteiger partial charge in [-0.2, -0.15) is 0 Å². The van der Waals surface area contributed by atoms with Gasteiger partial charge in [-0.05, 0) is 49.4 Å². The zero-order valence-corrected chi connectivity index (χ0v) is 19.0. The standard InChI is InChI=1S/C26H28N4O3/c1-3-29(4-2)22-14-13-18(16-27-22)17-28-23(31)12-7-15-30-25(32)20-10-5-8-19-9-6-11-21(24(19)20)26(30)33/h5-6,8-11,13-14,16H,3-4,7,12,15,17H2,1-2H3,(H,28,31). The third-order valence-corrected chi connectivity index (χ3v) is 6.03. The van der Waals surface area contributed by atoms with Crippen molar-refractivity contribution in [3.05, 3.63) is 71.4 Å². The first kappa shape index (κ1) is 22.5. The third kappa shape index (κ3) is 4.58. The Morgan fingerprint density at radius 1 is 0.970 bits per heavy atom. The van der Waals surface area contributed by atoms with Crippen LogP contribution in [0.5, 0.6) is 0 Å². The van der Waals surface area contributed by atoms with Crippen molar-refractivity contribution in [1.29, 1.82) is 0 Å². The molecular weight excluding hydrogens is 416 g/mol. The molecule has 0 aliphatic carbocycles. The van der Waals surface area contributed by atoms with E-state index in [0.717, 1.165) is 29.9 Å². The smallest absolute Gasteiger partial charge is 0.261 e. The summed E-state index contributed by atoms with van der Waals surface area (Å²) < 4.78 is 0. The molecule has 1 aliphatic heterocycles. The molecule has 7 heteroatoms. The van der Waals surface area contributed by atoms with Gasteiger partial charge in [0.05, 0.1) is 0 Å². The van der Waals surface area contributed by atoms with Crippen LogP contribution in [0.3, 0.4) is 0 Å². The van der Waals surface area contributed by atoms with Gasteiger partial charge in [-0.1, -0.05) is 30.3 Å². The highest BCUT2D eigenvalue weighted by atomic mass is 16.2. The highest BCUT2D eigenvalue weighted by Gasteiger charge is 2.32. The number of nitrogens with one attached hydrogen (secondary N) is 1. The molecule has 1 aromatic heterocycles. The number of anilines is 1. The quantitative estimate of drug-likeness (QED) is 0.508. The summed E-state index contributed by atoms with van der Waals surface area (Å²) in [5, 5.41) is 4.48. The van der Waals surface area contributed by atoms with Gasteiger partial charge in [0.25, 0.3) is 11.8 Å². The molecule has 0 atom stereocenters. The Balaban J connectivity index is 1.30. The molecule has 170 valence electrons. The summed E-state index contributed by atoms with van der Waals surface area (Å²) in [5.41, 5.74) is 1.99. The first-order valence-electron chi connectivity index (χ1n) is 11.4. The van der Waals surface area contributed by atoms with E-state index in [0.29, 0.717) is 29.5 Å². The fraction of sp³-hybridized carbons (Fsp3) is 0.308. The fourth-order valence-electron chi connectivity index (χ4n) is 4.23. The summed E-state index contributed by atoms with van der Waals surface area (Å²) in [6, 6.07) is 14.9. The summed E-state index contributed by atoms with van der Waals surface area (Å²) in [6.45, 7) is 6.55. The highest BCUT2D eigenvalue weighted by molar-refractivity contribution is 6.25. The number of carbonyl (C=O) groups is 3. The number of carbonyl (C=O) groups excluding carboxylic acids is 3. The van der Waals surface area contributed by atoms with Gasteiger partial charge in [0, 0.05) is 55.3 Å². The summed E-state index contributed by atoms with van der Waals surface area (Å²) in [6.07, 6.45) is 2.41. The number of nitrogens with zero attached hydrogens (tertiary/aromatic N) is 3. The molecule has 0 radical (unpaired) electrons. The van der Waals surface area contributed by atoms with E-state index < -0.39 is 0 Å². The van der Waals surface area contributed by atoms with E-state index in [1.54, 1.807) is 18.3 Å². The minimum Gasteiger partial charge on any atom is -0.357 e. The lowest BCUT2D eigenvalue weighted by atomic mass is 9.94. The van der Waals surface area contributed by atoms with Crippen LogP contribution < -0.4 is 10.2 Å². The molecule has 3 aromatic rings. The highest BCUT2D eigenvalue weighted by Crippen LogP contribution is 2.30. The minimum absolute atomic E-state index is 0.123. The topological polar surface area (TPSA) is 82.6 Å². The van der Waals surface area contributed by atoms with Crippen molar-refractivity contribution in [3.63, 3.8) is 0 Å². The maximum Gasteiger partial charge on any atom is 0.261 e. The Bertz CT molecular complexity index is 1140. The van der Waals surface area contributed by atoms with Crippen LogP contribution in [-0.4, -0.2) is 47.2 Å². The van der Waals surface area contributed by atoms with Crippen LogP contribution in [0.1, 0.15) is 53.0 Å². The molecule has 33 heavy (non-hydrogen) atoms. The first-order valence-corrected chi connectivity index (χ1v) is 11.4. The molecule has 1 N–H and O–H groups in total. The predicted molar refractivity (Wildman–Crippen MR) is 128 cm³/mol. The number of pyridine rings is 1. The van der Waals surface area contributed by atoms with Gasteiger partial charge in [-0.15, -0.1) is 0 Å². The van der Waals surface area contributed by atoms with Crippen LogP contribution in [0.2, 0.25) is 0 Å². The number of aromatic nitrogens is 1. The van der Waals surface area contributed by atoms with E-state index in [2.05, 4.69) is 29.0 Å². The van der Waals surface area contributed by atoms with Gasteiger partial charge in [-0.25, -0.2) is 4.98 Å². The van der Waals surface area contributed by atoms with Crippen LogP contribution in [0.15, 0.2) is 54.7 Å². The summed E-state index contributed by atoms with van der Waals surface area (Å²) >= 11 is 0. The van der Waals surface area contributed by atoms with Crippen LogP contribution in [0, 0.1) is 0 Å². The van der Waals surface area contributed by atoms with Crippen molar-refractivity contribution in [2.75, 3.05) is 24.5 Å². The zero-order valence-electron chi connectivity index (χ0n) is 19.0. The van der Waals surface area contributed by atoms with Crippen molar-refractivity contribution in [2.24, 2.45) is 0 Å². The Kier molecular flexibility index (Phi) is 6.68. The van der Waals surface area contributed by atoms with Crippen molar-refractivity contribution >= 4 is 34.3 Å². The maximum atomic E-state index is 12.9. The lowest BCUT2D eigenvalue weighted by molar-refractivity contribution is -0.121. The molecule has 3 amide bonds. The van der Waals surface area contributed by atoms with Crippen molar-refractivity contribution < 1.29 is 14.4 Å². The molecule has 0 saturated carbocycles. The average molecular weight is 445 g/mol. The summed E-state index contributed by atoms with van der Waals surface area (Å²) in [7, 11) is 0. The summed E-state index contributed by atoms with van der Waals surface area (Å²) in [4.78, 5) is 46.0. The van der Waals surface area contributed by atoms with Gasteiger partial charge < -0.3 is 10.2 Å². The molecule has 4 rings (SSSR count). The van der Waals surface area contributed by atoms with E-state index in [-0.39, 0.29) is 30.7 Å². The van der Waals surface area contributed by atoms with Gasteiger partial charge in [0.2, 0.25) is 5.91 Å². The van der Waals surface area contributed by atoms with Gasteiger partial charge in [0.15, 0.2) is 0 Å². The second-order valence-corrected chi connectivity index (χ2v) is 8.05. The molecule has 0 saturated heterocycles. The number of hydrogen-bond acceptors (Lipinski definition) is 5. The van der Waals surface area contributed by atoms with E-state index in [9.17, 15) is 14.4 Å². The van der Waals surface area contributed by atoms with Crippen molar-refractivity contribution in [2.45, 2.75) is 33.2 Å². The number of imide groups is 1. The lowest BCUT2D eigenvalue weighted by Gasteiger charge is -2.27. The van der Waals surface area contributed by atoms with Gasteiger partial charge in [-0.3, -0.25) is 19.3 Å². The molecule has 0 bridgehead atoms. The third-order valence-electron chi connectivity index (χ3n) is 6.03. The Labute approximate surface area is 193 Å². The fourth-order valence-corrected chi connectivity index (χ4v) is 4.23. The second kappa shape index (κ2) is 9.81. The van der Waals surface area contributed by atoms with E-state index in [1.807, 2.05) is 36.4 Å². The minimum atomic E-state index is -0.302. The number of hydrogen-bond donors (Lipinski definition) is 1. The van der Waals surface area contributed by atoms with E-state index >= 15 is 0 Å². The van der Waals surface area contributed by atoms with Gasteiger partial charge >= 0.3 is 0 Å². The van der Waals surface area contributed by atoms with Crippen LogP contribution in [0.4, 0.5) is 5.82 Å². The molecule has 0 unspecified atom stereocenters. The molecular formula is C26H28N4O3. The van der Waals surface area contributed by atoms with Crippen molar-refractivity contribution in [1.82, 2.24) is 15.2 Å². The Morgan fingerprint density at radius 3 is 2.21 bits per heavy atom. The van der Waals surface area contributed by atoms with Crippen LogP contribution in [0.25, 0.3) is 10.8 Å². The molecule has 0 fully saturated rings. The Hall–Kier alpha value is -3.74. The van der Waals surface area contributed by atoms with Crippen LogP contribution in [-0.2, 0) is 11.3 Å². The number of benzene rings is 2. The van der Waals surface area contributed by atoms with E-state index in [4.69, 9.17) is 0 Å². The molecule has 2 heterocycles. The summed E-state index contributed by atoms with van der Waals surface area (Å²) in [5.74, 6) is 0.193.